The summed E-state index contributed by atoms with van der Waals surface area (Å²) in [7, 11) is 1.70. The van der Waals surface area contributed by atoms with Gasteiger partial charge in [-0.05, 0) is 25.8 Å². The number of anilines is 2. The van der Waals surface area contributed by atoms with E-state index in [1.54, 1.807) is 7.11 Å². The second-order valence-electron chi connectivity index (χ2n) is 5.33. The van der Waals surface area contributed by atoms with Gasteiger partial charge in [-0.15, -0.1) is 0 Å². The van der Waals surface area contributed by atoms with Gasteiger partial charge >= 0.3 is 0 Å². The molecule has 0 aliphatic heterocycles. The first-order valence-corrected chi connectivity index (χ1v) is 7.55. The van der Waals surface area contributed by atoms with Crippen molar-refractivity contribution in [2.24, 2.45) is 0 Å². The third-order valence-electron chi connectivity index (χ3n) is 3.22. The summed E-state index contributed by atoms with van der Waals surface area (Å²) in [5, 5.41) is 6.58. The monoisotopic (exact) mass is 300 g/mol. The molecule has 2 rings (SSSR count). The van der Waals surface area contributed by atoms with Crippen LogP contribution in [0.25, 0.3) is 0 Å². The molecule has 118 valence electrons. The van der Waals surface area contributed by atoms with Gasteiger partial charge in [0.1, 0.15) is 5.82 Å². The largest absolute Gasteiger partial charge is 0.385 e. The lowest BCUT2D eigenvalue weighted by atomic mass is 10.1. The molecule has 5 nitrogen and oxygen atoms in total. The number of aryl methyl sites for hydroxylation is 2. The van der Waals surface area contributed by atoms with E-state index in [0.29, 0.717) is 5.95 Å². The molecule has 0 aliphatic rings. The molecule has 2 aromatic rings. The Bertz CT molecular complexity index is 601. The highest BCUT2D eigenvalue weighted by atomic mass is 16.5. The third kappa shape index (κ3) is 5.33. The molecule has 5 heteroatoms. The van der Waals surface area contributed by atoms with Crippen LogP contribution in [0, 0.1) is 13.8 Å². The summed E-state index contributed by atoms with van der Waals surface area (Å²) in [6.45, 7) is 6.35. The third-order valence-corrected chi connectivity index (χ3v) is 3.22. The Morgan fingerprint density at radius 1 is 1.09 bits per heavy atom. The summed E-state index contributed by atoms with van der Waals surface area (Å²) < 4.78 is 5.03. The number of nitrogens with one attached hydrogen (secondary N) is 2. The Morgan fingerprint density at radius 3 is 2.73 bits per heavy atom. The summed E-state index contributed by atoms with van der Waals surface area (Å²) in [5.41, 5.74) is 3.44. The minimum atomic E-state index is 0.655. The fourth-order valence-corrected chi connectivity index (χ4v) is 2.17. The van der Waals surface area contributed by atoms with Crippen molar-refractivity contribution >= 4 is 11.8 Å². The van der Waals surface area contributed by atoms with Crippen LogP contribution in [0.2, 0.25) is 0 Å². The maximum Gasteiger partial charge on any atom is 0.224 e. The first-order valence-electron chi connectivity index (χ1n) is 7.55. The quantitative estimate of drug-likeness (QED) is 0.733. The van der Waals surface area contributed by atoms with Crippen LogP contribution in [-0.4, -0.2) is 30.2 Å². The van der Waals surface area contributed by atoms with Gasteiger partial charge in [-0.1, -0.05) is 29.8 Å². The standard InChI is InChI=1S/C17H24N4O/c1-13-6-4-7-15(10-13)12-19-16-11-14(2)20-17(21-16)18-8-5-9-22-3/h4,6-7,10-11H,5,8-9,12H2,1-3H3,(H2,18,19,20,21). The zero-order valence-electron chi connectivity index (χ0n) is 13.5. The van der Waals surface area contributed by atoms with Gasteiger partial charge < -0.3 is 15.4 Å². The smallest absolute Gasteiger partial charge is 0.224 e. The van der Waals surface area contributed by atoms with Crippen LogP contribution < -0.4 is 10.6 Å². The molecule has 22 heavy (non-hydrogen) atoms. The molecule has 0 fully saturated rings. The van der Waals surface area contributed by atoms with Crippen LogP contribution in [0.5, 0.6) is 0 Å². The highest BCUT2D eigenvalue weighted by Crippen LogP contribution is 2.12. The van der Waals surface area contributed by atoms with E-state index in [1.165, 1.54) is 11.1 Å². The molecule has 2 N–H and O–H groups in total. The highest BCUT2D eigenvalue weighted by Gasteiger charge is 2.02. The van der Waals surface area contributed by atoms with E-state index >= 15 is 0 Å². The number of aromatic nitrogens is 2. The zero-order chi connectivity index (χ0) is 15.8. The second kappa shape index (κ2) is 8.34. The van der Waals surface area contributed by atoms with Gasteiger partial charge in [0, 0.05) is 38.6 Å². The molecule has 0 saturated heterocycles. The maximum atomic E-state index is 5.03. The van der Waals surface area contributed by atoms with Crippen molar-refractivity contribution in [2.75, 3.05) is 30.9 Å². The molecule has 1 aromatic heterocycles. The second-order valence-corrected chi connectivity index (χ2v) is 5.33. The Morgan fingerprint density at radius 2 is 1.95 bits per heavy atom. The Labute approximate surface area is 132 Å². The van der Waals surface area contributed by atoms with Crippen LogP contribution in [0.1, 0.15) is 23.2 Å². The Balaban J connectivity index is 1.94. The van der Waals surface area contributed by atoms with E-state index in [0.717, 1.165) is 37.6 Å². The molecule has 0 atom stereocenters. The molecule has 0 amide bonds. The van der Waals surface area contributed by atoms with Crippen LogP contribution in [0.4, 0.5) is 11.8 Å². The number of hydrogen-bond acceptors (Lipinski definition) is 5. The van der Waals surface area contributed by atoms with Gasteiger partial charge in [-0.2, -0.15) is 4.98 Å². The summed E-state index contributed by atoms with van der Waals surface area (Å²) in [6.07, 6.45) is 0.930. The van der Waals surface area contributed by atoms with Gasteiger partial charge in [0.05, 0.1) is 0 Å². The van der Waals surface area contributed by atoms with Crippen molar-refractivity contribution in [3.63, 3.8) is 0 Å². The van der Waals surface area contributed by atoms with Crippen LogP contribution in [-0.2, 0) is 11.3 Å². The van der Waals surface area contributed by atoms with E-state index < -0.39 is 0 Å². The maximum absolute atomic E-state index is 5.03. The first kappa shape index (κ1) is 16.2. The lowest BCUT2D eigenvalue weighted by Gasteiger charge is -2.10. The predicted octanol–water partition coefficient (Wildman–Crippen LogP) is 3.15. The van der Waals surface area contributed by atoms with E-state index in [1.807, 2.05) is 13.0 Å². The molecule has 1 heterocycles. The summed E-state index contributed by atoms with van der Waals surface area (Å²) in [5.74, 6) is 1.49. The SMILES string of the molecule is COCCCNc1nc(C)cc(NCc2cccc(C)c2)n1. The molecule has 0 saturated carbocycles. The minimum Gasteiger partial charge on any atom is -0.385 e. The van der Waals surface area contributed by atoms with Crippen LogP contribution in [0.3, 0.4) is 0 Å². The molecular formula is C17H24N4O. The average Bonchev–Trinajstić information content (AvgIpc) is 2.49. The van der Waals surface area contributed by atoms with Gasteiger partial charge in [0.2, 0.25) is 5.95 Å². The van der Waals surface area contributed by atoms with E-state index in [9.17, 15) is 0 Å². The molecular weight excluding hydrogens is 276 g/mol. The number of methoxy groups -OCH3 is 1. The minimum absolute atomic E-state index is 0.655. The van der Waals surface area contributed by atoms with Crippen molar-refractivity contribution in [3.8, 4) is 0 Å². The number of nitrogens with zero attached hydrogens (tertiary/aromatic N) is 2. The van der Waals surface area contributed by atoms with Crippen molar-refractivity contribution < 1.29 is 4.74 Å². The molecule has 0 unspecified atom stereocenters. The zero-order valence-corrected chi connectivity index (χ0v) is 13.5. The summed E-state index contributed by atoms with van der Waals surface area (Å²) >= 11 is 0. The Hall–Kier alpha value is -2.14. The van der Waals surface area contributed by atoms with Crippen molar-refractivity contribution in [3.05, 3.63) is 47.2 Å². The molecule has 1 aromatic carbocycles. The Kier molecular flexibility index (Phi) is 6.15. The van der Waals surface area contributed by atoms with Crippen LogP contribution in [0.15, 0.2) is 30.3 Å². The summed E-state index contributed by atoms with van der Waals surface area (Å²) in [6, 6.07) is 10.4. The van der Waals surface area contributed by atoms with Gasteiger partial charge in [-0.3, -0.25) is 0 Å². The van der Waals surface area contributed by atoms with E-state index in [-0.39, 0.29) is 0 Å². The predicted molar refractivity (Wildman–Crippen MR) is 90.3 cm³/mol. The number of rotatable bonds is 8. The topological polar surface area (TPSA) is 59.1 Å². The van der Waals surface area contributed by atoms with Gasteiger partial charge in [0.25, 0.3) is 0 Å². The highest BCUT2D eigenvalue weighted by molar-refractivity contribution is 5.42. The van der Waals surface area contributed by atoms with Crippen molar-refractivity contribution in [1.82, 2.24) is 9.97 Å². The average molecular weight is 300 g/mol. The lowest BCUT2D eigenvalue weighted by Crippen LogP contribution is -2.10. The molecule has 0 radical (unpaired) electrons. The normalized spacial score (nSPS) is 10.5. The summed E-state index contributed by atoms with van der Waals surface area (Å²) in [4.78, 5) is 8.89. The molecule has 0 spiro atoms. The van der Waals surface area contributed by atoms with E-state index in [2.05, 4.69) is 51.8 Å². The fourth-order valence-electron chi connectivity index (χ4n) is 2.17. The van der Waals surface area contributed by atoms with Crippen LogP contribution >= 0.6 is 0 Å². The van der Waals surface area contributed by atoms with Crippen molar-refractivity contribution in [2.45, 2.75) is 26.8 Å². The van der Waals surface area contributed by atoms with Gasteiger partial charge in [0.15, 0.2) is 0 Å². The lowest BCUT2D eigenvalue weighted by molar-refractivity contribution is 0.197. The van der Waals surface area contributed by atoms with Crippen molar-refractivity contribution in [1.29, 1.82) is 0 Å². The van der Waals surface area contributed by atoms with E-state index in [4.69, 9.17) is 4.74 Å². The molecule has 0 aliphatic carbocycles. The fraction of sp³-hybridized carbons (Fsp3) is 0.412. The number of hydrogen-bond donors (Lipinski definition) is 2. The number of benzene rings is 1. The van der Waals surface area contributed by atoms with Gasteiger partial charge in [-0.25, -0.2) is 4.98 Å². The molecule has 0 bridgehead atoms. The first-order chi connectivity index (χ1) is 10.7. The number of ether oxygens (including phenoxy) is 1.